The Kier molecular flexibility index (Phi) is 5.86. The maximum absolute atomic E-state index is 14.9. The number of ether oxygens (including phenoxy) is 1. The molecule has 3 aromatic rings. The minimum absolute atomic E-state index is 0.0166. The van der Waals surface area contributed by atoms with Gasteiger partial charge in [0.15, 0.2) is 11.6 Å². The van der Waals surface area contributed by atoms with Crippen molar-refractivity contribution in [2.75, 3.05) is 6.61 Å². The van der Waals surface area contributed by atoms with Gasteiger partial charge in [0, 0.05) is 28.8 Å². The quantitative estimate of drug-likeness (QED) is 0.555. The van der Waals surface area contributed by atoms with E-state index < -0.39 is 11.8 Å². The fourth-order valence-electron chi connectivity index (χ4n) is 3.25. The SMILES string of the molecule is Cc1c(F)c(OCC2=NOC(=O)C2)cc(Cl)c1Cc1ccc(O)c(-c2ccccc2)n1. The van der Waals surface area contributed by atoms with E-state index in [1.54, 1.807) is 19.1 Å². The molecular weight excluding hydrogens is 423 g/mol. The summed E-state index contributed by atoms with van der Waals surface area (Å²) in [5.74, 6) is -0.992. The largest absolute Gasteiger partial charge is 0.506 e. The summed E-state index contributed by atoms with van der Waals surface area (Å²) in [7, 11) is 0. The third-order valence-corrected chi connectivity index (χ3v) is 5.24. The first-order valence-electron chi connectivity index (χ1n) is 9.52. The number of oxime groups is 1. The van der Waals surface area contributed by atoms with Crippen molar-refractivity contribution in [3.8, 4) is 22.8 Å². The molecule has 0 bridgehead atoms. The minimum atomic E-state index is -0.549. The maximum Gasteiger partial charge on any atom is 0.340 e. The zero-order chi connectivity index (χ0) is 22.0. The molecule has 2 aromatic carbocycles. The molecule has 1 aliphatic rings. The summed E-state index contributed by atoms with van der Waals surface area (Å²) in [6.07, 6.45) is 0.291. The average molecular weight is 441 g/mol. The Bertz CT molecular complexity index is 1180. The van der Waals surface area contributed by atoms with E-state index in [0.717, 1.165) is 5.56 Å². The smallest absolute Gasteiger partial charge is 0.340 e. The van der Waals surface area contributed by atoms with Crippen molar-refractivity contribution < 1.29 is 23.9 Å². The molecular formula is C23H18ClFN2O4. The first kappa shape index (κ1) is 20.8. The molecule has 0 saturated heterocycles. The van der Waals surface area contributed by atoms with Crippen LogP contribution < -0.4 is 4.74 Å². The van der Waals surface area contributed by atoms with Crippen LogP contribution in [0.2, 0.25) is 5.02 Å². The van der Waals surface area contributed by atoms with Crippen molar-refractivity contribution in [3.05, 3.63) is 76.2 Å². The van der Waals surface area contributed by atoms with Crippen LogP contribution in [0, 0.1) is 12.7 Å². The lowest BCUT2D eigenvalue weighted by Crippen LogP contribution is -2.12. The molecule has 0 amide bonds. The molecule has 1 aliphatic heterocycles. The van der Waals surface area contributed by atoms with Gasteiger partial charge in [-0.1, -0.05) is 47.1 Å². The van der Waals surface area contributed by atoms with Gasteiger partial charge in [0.2, 0.25) is 0 Å². The number of nitrogens with zero attached hydrogens (tertiary/aromatic N) is 2. The highest BCUT2D eigenvalue weighted by atomic mass is 35.5. The lowest BCUT2D eigenvalue weighted by molar-refractivity contribution is -0.140. The molecule has 6 nitrogen and oxygen atoms in total. The molecule has 31 heavy (non-hydrogen) atoms. The van der Waals surface area contributed by atoms with Crippen molar-refractivity contribution >= 4 is 23.3 Å². The predicted octanol–water partition coefficient (Wildman–Crippen LogP) is 4.83. The molecule has 158 valence electrons. The fraction of sp³-hybridized carbons (Fsp3) is 0.174. The normalized spacial score (nSPS) is 13.1. The van der Waals surface area contributed by atoms with Gasteiger partial charge in [0.25, 0.3) is 0 Å². The summed E-state index contributed by atoms with van der Waals surface area (Å²) in [6.45, 7) is 1.54. The highest BCUT2D eigenvalue weighted by molar-refractivity contribution is 6.31. The number of pyridine rings is 1. The molecule has 0 aliphatic carbocycles. The lowest BCUT2D eigenvalue weighted by atomic mass is 10.0. The van der Waals surface area contributed by atoms with E-state index in [-0.39, 0.29) is 30.9 Å². The average Bonchev–Trinajstić information content (AvgIpc) is 3.19. The topological polar surface area (TPSA) is 81.0 Å². The first-order chi connectivity index (χ1) is 14.9. The van der Waals surface area contributed by atoms with Crippen LogP contribution in [0.1, 0.15) is 23.2 Å². The number of aromatic nitrogens is 1. The van der Waals surface area contributed by atoms with Gasteiger partial charge in [0.1, 0.15) is 23.8 Å². The van der Waals surface area contributed by atoms with E-state index >= 15 is 0 Å². The third-order valence-electron chi connectivity index (χ3n) is 4.90. The monoisotopic (exact) mass is 440 g/mol. The second-order valence-corrected chi connectivity index (χ2v) is 7.48. The van der Waals surface area contributed by atoms with Crippen molar-refractivity contribution in [3.63, 3.8) is 0 Å². The number of carbonyl (C=O) groups excluding carboxylic acids is 1. The van der Waals surface area contributed by atoms with Crippen molar-refractivity contribution in [1.82, 2.24) is 4.98 Å². The van der Waals surface area contributed by atoms with Gasteiger partial charge in [0.05, 0.1) is 6.42 Å². The van der Waals surface area contributed by atoms with Gasteiger partial charge in [-0.3, -0.25) is 0 Å². The van der Waals surface area contributed by atoms with Gasteiger partial charge in [-0.2, -0.15) is 0 Å². The van der Waals surface area contributed by atoms with Crippen LogP contribution in [0.15, 0.2) is 53.7 Å². The van der Waals surface area contributed by atoms with Gasteiger partial charge >= 0.3 is 5.97 Å². The zero-order valence-electron chi connectivity index (χ0n) is 16.6. The zero-order valence-corrected chi connectivity index (χ0v) is 17.3. The van der Waals surface area contributed by atoms with Crippen LogP contribution in [0.25, 0.3) is 11.3 Å². The molecule has 0 radical (unpaired) electrons. The summed E-state index contributed by atoms with van der Waals surface area (Å²) in [4.78, 5) is 20.1. The van der Waals surface area contributed by atoms with E-state index in [2.05, 4.69) is 15.0 Å². The Hall–Kier alpha value is -3.45. The van der Waals surface area contributed by atoms with Crippen LogP contribution in [0.4, 0.5) is 4.39 Å². The molecule has 1 N–H and O–H groups in total. The fourth-order valence-corrected chi connectivity index (χ4v) is 3.56. The molecule has 1 aromatic heterocycles. The molecule has 0 fully saturated rings. The molecule has 4 rings (SSSR count). The van der Waals surface area contributed by atoms with Crippen LogP contribution in [0.5, 0.6) is 11.5 Å². The van der Waals surface area contributed by atoms with E-state index in [9.17, 15) is 14.3 Å². The summed E-state index contributed by atoms with van der Waals surface area (Å²) < 4.78 is 20.4. The van der Waals surface area contributed by atoms with Crippen LogP contribution >= 0.6 is 11.6 Å². The van der Waals surface area contributed by atoms with Crippen molar-refractivity contribution in [2.45, 2.75) is 19.8 Å². The van der Waals surface area contributed by atoms with Gasteiger partial charge < -0.3 is 14.7 Å². The Morgan fingerprint density at radius 3 is 2.71 bits per heavy atom. The Morgan fingerprint density at radius 1 is 1.23 bits per heavy atom. The molecule has 8 heteroatoms. The number of benzene rings is 2. The van der Waals surface area contributed by atoms with E-state index in [1.807, 2.05) is 30.3 Å². The summed E-state index contributed by atoms with van der Waals surface area (Å²) >= 11 is 6.43. The Morgan fingerprint density at radius 2 is 2.00 bits per heavy atom. The van der Waals surface area contributed by atoms with Crippen molar-refractivity contribution in [1.29, 1.82) is 0 Å². The summed E-state index contributed by atoms with van der Waals surface area (Å²) in [6, 6.07) is 13.9. The van der Waals surface area contributed by atoms with E-state index in [0.29, 0.717) is 33.2 Å². The number of aromatic hydroxyl groups is 1. The maximum atomic E-state index is 14.9. The third kappa shape index (κ3) is 4.51. The first-order valence-corrected chi connectivity index (χ1v) is 9.90. The van der Waals surface area contributed by atoms with Crippen molar-refractivity contribution in [2.24, 2.45) is 5.16 Å². The molecule has 0 spiro atoms. The second kappa shape index (κ2) is 8.73. The van der Waals surface area contributed by atoms with Gasteiger partial charge in [-0.05, 0) is 30.2 Å². The molecule has 0 atom stereocenters. The standard InChI is InChI=1S/C23H18ClFN2O4/c1-13-17(9-15-7-8-19(28)23(26-15)14-5-3-2-4-6-14)18(24)11-20(22(13)25)30-12-16-10-21(29)31-27-16/h2-8,11,28H,9-10,12H2,1H3. The van der Waals surface area contributed by atoms with Crippen LogP contribution in [-0.4, -0.2) is 28.4 Å². The molecule has 0 saturated carbocycles. The predicted molar refractivity (Wildman–Crippen MR) is 114 cm³/mol. The Labute approximate surface area is 182 Å². The Balaban J connectivity index is 1.58. The van der Waals surface area contributed by atoms with Gasteiger partial charge in [-0.15, -0.1) is 0 Å². The second-order valence-electron chi connectivity index (χ2n) is 7.07. The van der Waals surface area contributed by atoms with Gasteiger partial charge in [-0.25, -0.2) is 14.2 Å². The van der Waals surface area contributed by atoms with E-state index in [4.69, 9.17) is 16.3 Å². The summed E-state index contributed by atoms with van der Waals surface area (Å²) in [5.41, 5.74) is 3.13. The number of carbonyl (C=O) groups is 1. The number of rotatable bonds is 6. The highest BCUT2D eigenvalue weighted by Crippen LogP contribution is 2.33. The summed E-state index contributed by atoms with van der Waals surface area (Å²) in [5, 5.41) is 14.1. The van der Waals surface area contributed by atoms with E-state index in [1.165, 1.54) is 6.07 Å². The number of halogens is 2. The molecule has 0 unspecified atom stereocenters. The van der Waals surface area contributed by atoms with Crippen LogP contribution in [-0.2, 0) is 16.1 Å². The minimum Gasteiger partial charge on any atom is -0.506 e. The number of hydrogen-bond donors (Lipinski definition) is 1. The lowest BCUT2D eigenvalue weighted by Gasteiger charge is -2.14. The van der Waals surface area contributed by atoms with Crippen LogP contribution in [0.3, 0.4) is 0 Å². The highest BCUT2D eigenvalue weighted by Gasteiger charge is 2.21. The number of hydrogen-bond acceptors (Lipinski definition) is 6. The molecule has 2 heterocycles.